The molecule has 0 saturated heterocycles. The van der Waals surface area contributed by atoms with Gasteiger partial charge in [-0.15, -0.1) is 0 Å². The molecule has 624 valence electrons. The van der Waals surface area contributed by atoms with Crippen LogP contribution in [-0.4, -0.2) is 96.7 Å². The molecule has 0 spiro atoms. The zero-order valence-electron chi connectivity index (χ0n) is 69.0. The standard InChI is InChI=1S/C86H168O17P2/c1-7-9-11-13-15-17-19-20-21-22-23-24-25-29-32-35-38-45-51-57-63-69-84(89)97-75-82(102-85(90)70-64-58-52-46-39-36-33-30-27-26-28-31-34-37-42-48-54-60-66-78(3)4)77-101-105(94,95)99-73-80(87)72-98-104(92,93)100-76-81(74-96-83(88)68-62-56-50-44-18-16-14-12-10-8-2)103-86(91)71-65-59-53-47-41-40-43-49-55-61-67-79(5)6/h78-82,87H,7-77H2,1-6H3,(H,92,93)(H,94,95)/t80-,81+,82+/m0/s1. The average Bonchev–Trinajstić information content (AvgIpc) is 0.921. The predicted molar refractivity (Wildman–Crippen MR) is 432 cm³/mol. The Morgan fingerprint density at radius 2 is 0.438 bits per heavy atom. The molecule has 0 aliphatic heterocycles. The number of aliphatic hydroxyl groups is 1. The molecular weight excluding hydrogens is 1370 g/mol. The van der Waals surface area contributed by atoms with Gasteiger partial charge in [0.05, 0.1) is 26.4 Å². The number of hydrogen-bond donors (Lipinski definition) is 3. The highest BCUT2D eigenvalue weighted by atomic mass is 31.2. The summed E-state index contributed by atoms with van der Waals surface area (Å²) in [7, 11) is -9.92. The van der Waals surface area contributed by atoms with E-state index in [0.29, 0.717) is 25.7 Å². The first-order chi connectivity index (χ1) is 50.9. The van der Waals surface area contributed by atoms with Gasteiger partial charge < -0.3 is 33.8 Å². The molecule has 0 amide bonds. The predicted octanol–water partition coefficient (Wildman–Crippen LogP) is 26.2. The summed E-state index contributed by atoms with van der Waals surface area (Å²) in [4.78, 5) is 73.2. The number of carbonyl (C=O) groups is 4. The zero-order chi connectivity index (χ0) is 77.1. The lowest BCUT2D eigenvalue weighted by molar-refractivity contribution is -0.161. The molecule has 0 fully saturated rings. The van der Waals surface area contributed by atoms with E-state index >= 15 is 0 Å². The van der Waals surface area contributed by atoms with Crippen molar-refractivity contribution in [3.63, 3.8) is 0 Å². The van der Waals surface area contributed by atoms with Crippen LogP contribution in [0.15, 0.2) is 0 Å². The number of rotatable bonds is 85. The summed E-state index contributed by atoms with van der Waals surface area (Å²) in [5.74, 6) is -0.532. The molecule has 0 aromatic heterocycles. The number of phosphoric ester groups is 2. The van der Waals surface area contributed by atoms with Crippen LogP contribution in [0, 0.1) is 11.8 Å². The summed E-state index contributed by atoms with van der Waals surface area (Å²) in [6, 6.07) is 0. The van der Waals surface area contributed by atoms with E-state index in [-0.39, 0.29) is 25.7 Å². The van der Waals surface area contributed by atoms with Crippen molar-refractivity contribution >= 4 is 39.5 Å². The number of hydrogen-bond acceptors (Lipinski definition) is 15. The summed E-state index contributed by atoms with van der Waals surface area (Å²) in [5.41, 5.74) is 0. The van der Waals surface area contributed by atoms with E-state index in [0.717, 1.165) is 102 Å². The van der Waals surface area contributed by atoms with Crippen molar-refractivity contribution < 1.29 is 80.2 Å². The summed E-state index contributed by atoms with van der Waals surface area (Å²) >= 11 is 0. The molecule has 19 heteroatoms. The molecule has 0 saturated carbocycles. The van der Waals surface area contributed by atoms with E-state index in [1.807, 2.05) is 0 Å². The normalized spacial score (nSPS) is 13.8. The highest BCUT2D eigenvalue weighted by Gasteiger charge is 2.30. The van der Waals surface area contributed by atoms with Crippen molar-refractivity contribution in [2.75, 3.05) is 39.6 Å². The minimum atomic E-state index is -4.97. The zero-order valence-corrected chi connectivity index (χ0v) is 70.8. The Morgan fingerprint density at radius 1 is 0.257 bits per heavy atom. The Balaban J connectivity index is 5.20. The highest BCUT2D eigenvalue weighted by molar-refractivity contribution is 7.47. The third-order valence-corrected chi connectivity index (χ3v) is 22.1. The molecule has 0 aliphatic rings. The molecule has 17 nitrogen and oxygen atoms in total. The lowest BCUT2D eigenvalue weighted by Crippen LogP contribution is -2.30. The van der Waals surface area contributed by atoms with Crippen molar-refractivity contribution in [2.24, 2.45) is 11.8 Å². The number of unbranched alkanes of at least 4 members (excludes halogenated alkanes) is 55. The van der Waals surface area contributed by atoms with Gasteiger partial charge in [-0.1, -0.05) is 408 Å². The van der Waals surface area contributed by atoms with Gasteiger partial charge >= 0.3 is 39.5 Å². The van der Waals surface area contributed by atoms with E-state index in [4.69, 9.17) is 37.0 Å². The monoisotopic (exact) mass is 1540 g/mol. The molecule has 105 heavy (non-hydrogen) atoms. The van der Waals surface area contributed by atoms with Crippen molar-refractivity contribution in [1.29, 1.82) is 0 Å². The molecule has 0 aliphatic carbocycles. The number of esters is 4. The minimum Gasteiger partial charge on any atom is -0.462 e. The number of phosphoric acid groups is 2. The van der Waals surface area contributed by atoms with Crippen LogP contribution in [-0.2, 0) is 65.4 Å². The van der Waals surface area contributed by atoms with E-state index in [1.165, 1.54) is 276 Å². The molecule has 0 bridgehead atoms. The van der Waals surface area contributed by atoms with Crippen LogP contribution < -0.4 is 0 Å². The fourth-order valence-electron chi connectivity index (χ4n) is 13.4. The van der Waals surface area contributed by atoms with E-state index in [2.05, 4.69) is 41.5 Å². The largest absolute Gasteiger partial charge is 0.472 e. The molecule has 2 unspecified atom stereocenters. The van der Waals surface area contributed by atoms with Gasteiger partial charge in [-0.05, 0) is 37.5 Å². The third kappa shape index (κ3) is 79.9. The number of carbonyl (C=O) groups excluding carboxylic acids is 4. The van der Waals surface area contributed by atoms with Gasteiger partial charge in [0, 0.05) is 25.7 Å². The Bertz CT molecular complexity index is 2010. The van der Waals surface area contributed by atoms with Gasteiger partial charge in [0.1, 0.15) is 19.3 Å². The molecular formula is C86H168O17P2. The van der Waals surface area contributed by atoms with Crippen LogP contribution in [0.4, 0.5) is 0 Å². The summed E-state index contributed by atoms with van der Waals surface area (Å²) in [6.45, 7) is 9.68. The van der Waals surface area contributed by atoms with Gasteiger partial charge in [-0.25, -0.2) is 9.13 Å². The summed E-state index contributed by atoms with van der Waals surface area (Å²) < 4.78 is 68.8. The van der Waals surface area contributed by atoms with Crippen molar-refractivity contribution in [3.8, 4) is 0 Å². The second-order valence-electron chi connectivity index (χ2n) is 31.9. The Hall–Kier alpha value is -1.94. The fraction of sp³-hybridized carbons (Fsp3) is 0.953. The van der Waals surface area contributed by atoms with Crippen LogP contribution in [0.3, 0.4) is 0 Å². The van der Waals surface area contributed by atoms with Gasteiger partial charge in [-0.3, -0.25) is 37.3 Å². The van der Waals surface area contributed by atoms with Gasteiger partial charge in [0.25, 0.3) is 0 Å². The van der Waals surface area contributed by atoms with Crippen LogP contribution >= 0.6 is 15.6 Å². The first kappa shape index (κ1) is 103. The number of aliphatic hydroxyl groups excluding tert-OH is 1. The van der Waals surface area contributed by atoms with Gasteiger partial charge in [0.15, 0.2) is 12.2 Å². The smallest absolute Gasteiger partial charge is 0.462 e. The number of ether oxygens (including phenoxy) is 4. The molecule has 0 radical (unpaired) electrons. The maximum Gasteiger partial charge on any atom is 0.472 e. The maximum atomic E-state index is 13.1. The lowest BCUT2D eigenvalue weighted by atomic mass is 10.0. The van der Waals surface area contributed by atoms with Crippen molar-refractivity contribution in [2.45, 2.75) is 477 Å². The average molecular weight is 1540 g/mol. The fourth-order valence-corrected chi connectivity index (χ4v) is 15.0. The molecule has 3 N–H and O–H groups in total. The first-order valence-corrected chi connectivity index (χ1v) is 47.5. The SMILES string of the molecule is CCCCCCCCCCCCCCCCCCCCCCCC(=O)OC[C@H](COP(=O)(O)OC[C@@H](O)COP(=O)(O)OC[C@@H](COC(=O)CCCCCCCCCCCC)OC(=O)CCCCCCCCCCCCC(C)C)OC(=O)CCCCCCCCCCCCCCCCCCCCC(C)C. The van der Waals surface area contributed by atoms with Crippen molar-refractivity contribution in [1.82, 2.24) is 0 Å². The summed E-state index contributed by atoms with van der Waals surface area (Å²) in [5, 5.41) is 10.7. The first-order valence-electron chi connectivity index (χ1n) is 44.5. The Morgan fingerprint density at radius 3 is 0.648 bits per heavy atom. The highest BCUT2D eigenvalue weighted by Crippen LogP contribution is 2.45. The minimum absolute atomic E-state index is 0.106. The van der Waals surface area contributed by atoms with Gasteiger partial charge in [0.2, 0.25) is 0 Å². The molecule has 0 aromatic carbocycles. The maximum absolute atomic E-state index is 13.1. The Kier molecular flexibility index (Phi) is 76.0. The molecule has 0 heterocycles. The van der Waals surface area contributed by atoms with Crippen LogP contribution in [0.1, 0.15) is 459 Å². The lowest BCUT2D eigenvalue weighted by Gasteiger charge is -2.21. The van der Waals surface area contributed by atoms with E-state index in [9.17, 15) is 43.2 Å². The topological polar surface area (TPSA) is 237 Å². The second-order valence-corrected chi connectivity index (χ2v) is 34.8. The molecule has 0 aromatic rings. The third-order valence-electron chi connectivity index (χ3n) is 20.2. The Labute approximate surface area is 645 Å². The van der Waals surface area contributed by atoms with Crippen molar-refractivity contribution in [3.05, 3.63) is 0 Å². The van der Waals surface area contributed by atoms with E-state index < -0.39 is 97.5 Å². The van der Waals surface area contributed by atoms with Gasteiger partial charge in [-0.2, -0.15) is 0 Å². The second kappa shape index (κ2) is 77.4. The van der Waals surface area contributed by atoms with E-state index in [1.54, 1.807) is 0 Å². The molecule has 5 atom stereocenters. The quantitative estimate of drug-likeness (QED) is 0.0222. The van der Waals surface area contributed by atoms with Crippen LogP contribution in [0.2, 0.25) is 0 Å². The van der Waals surface area contributed by atoms with Crippen LogP contribution in [0.25, 0.3) is 0 Å². The van der Waals surface area contributed by atoms with Crippen LogP contribution in [0.5, 0.6) is 0 Å². The molecule has 0 rings (SSSR count). The summed E-state index contributed by atoms with van der Waals surface area (Å²) in [6.07, 6.45) is 69.6.